The van der Waals surface area contributed by atoms with Gasteiger partial charge in [0.15, 0.2) is 22.8 Å². The number of amides is 2. The molecule has 4 aliphatic carbocycles. The Kier molecular flexibility index (Phi) is 20.3. The van der Waals surface area contributed by atoms with Gasteiger partial charge in [0.2, 0.25) is 11.8 Å². The molecule has 2 aromatic heterocycles. The second-order valence-corrected chi connectivity index (χ2v) is 28.7. The lowest BCUT2D eigenvalue weighted by atomic mass is 9.43. The molecule has 12 N–H and O–H groups in total. The van der Waals surface area contributed by atoms with Crippen molar-refractivity contribution in [3.63, 3.8) is 0 Å². The van der Waals surface area contributed by atoms with Gasteiger partial charge >= 0.3 is 23.5 Å². The fourth-order valence-electron chi connectivity index (χ4n) is 13.5. The average Bonchev–Trinajstić information content (AvgIpc) is 4.03. The minimum absolute atomic E-state index is 0.0217. The highest BCUT2D eigenvalue weighted by Crippen LogP contribution is 2.68. The molecular formula is C48H78N7O20P3S. The van der Waals surface area contributed by atoms with E-state index in [1.165, 1.54) is 13.8 Å². The van der Waals surface area contributed by atoms with Crippen molar-refractivity contribution >= 4 is 74.9 Å². The highest BCUT2D eigenvalue weighted by atomic mass is 32.2. The number of nitrogens with zero attached hydrogens (tertiary/aromatic N) is 4. The van der Waals surface area contributed by atoms with Crippen molar-refractivity contribution in [3.05, 3.63) is 12.7 Å². The first-order valence-corrected chi connectivity index (χ1v) is 32.2. The minimum atomic E-state index is -5.61. The van der Waals surface area contributed by atoms with Crippen LogP contribution >= 0.6 is 35.2 Å². The number of anilines is 1. The average molecular weight is 1200 g/mol. The number of aliphatic hydroxyl groups is 4. The van der Waals surface area contributed by atoms with Crippen LogP contribution in [0.15, 0.2) is 12.7 Å². The highest BCUT2D eigenvalue weighted by Gasteiger charge is 2.63. The number of phosphoric ester groups is 3. The summed E-state index contributed by atoms with van der Waals surface area (Å²) in [6.07, 6.45) is 0.890. The summed E-state index contributed by atoms with van der Waals surface area (Å²) in [7, 11) is -16.5. The van der Waals surface area contributed by atoms with E-state index in [0.29, 0.717) is 30.1 Å². The van der Waals surface area contributed by atoms with Crippen LogP contribution < -0.4 is 16.4 Å². The largest absolute Gasteiger partial charge is 0.481 e. The van der Waals surface area contributed by atoms with Gasteiger partial charge in [-0.15, -0.1) is 0 Å². The van der Waals surface area contributed by atoms with Crippen LogP contribution in [-0.4, -0.2) is 151 Å². The highest BCUT2D eigenvalue weighted by molar-refractivity contribution is 8.13. The van der Waals surface area contributed by atoms with Crippen LogP contribution in [0, 0.1) is 57.7 Å². The van der Waals surface area contributed by atoms with Crippen LogP contribution in [0.1, 0.15) is 118 Å². The molecule has 0 spiro atoms. The third kappa shape index (κ3) is 14.7. The Balaban J connectivity index is 0.774. The van der Waals surface area contributed by atoms with Gasteiger partial charge in [0.25, 0.3) is 0 Å². The summed E-state index contributed by atoms with van der Waals surface area (Å²) in [6, 6.07) is 0. The zero-order valence-corrected chi connectivity index (χ0v) is 48.6. The quantitative estimate of drug-likeness (QED) is 0.0386. The van der Waals surface area contributed by atoms with Gasteiger partial charge in [0.05, 0.1) is 37.7 Å². The Bertz CT molecular complexity index is 2690. The first kappa shape index (κ1) is 63.7. The van der Waals surface area contributed by atoms with E-state index in [4.69, 9.17) is 19.5 Å². The van der Waals surface area contributed by atoms with Crippen molar-refractivity contribution in [2.45, 2.75) is 155 Å². The standard InChI is InChI=1S/C48H78N7O20P3S/c1-25(29-8-9-30-36-31(12-15-48(29,30)6)47(5)14-11-28(56)19-27(47)20-33(36)58)7-10-32(57)26(2)45(63)79-18-17-50-35(59)13-16-51-43(62)40(61)46(3,4)22-72-78(69,70)75-77(67,68)71-21-34-39(74-76(64,65)66)38(60)44(73-34)55-24-54-37-41(49)52-23-53-42(37)55/h23-31,33-34,36,38-40,44,56,58,60-61H,7-22H2,1-6H3,(H,50,59)(H,51,62)(H,67,68)(H,69,70)(H2,49,52,53)(H2,64,65,66)/t25-,26?,27+,28-,29-,30+,31?,33-,34-,36+,38-,39-,40+,44-,47+,48?/m1/s1. The van der Waals surface area contributed by atoms with Crippen LogP contribution in [0.2, 0.25) is 0 Å². The number of nitrogens with two attached hydrogens (primary N) is 1. The van der Waals surface area contributed by atoms with Crippen LogP contribution in [0.25, 0.3) is 11.2 Å². The van der Waals surface area contributed by atoms with E-state index in [1.807, 2.05) is 0 Å². The van der Waals surface area contributed by atoms with Crippen LogP contribution in [-0.2, 0) is 55.5 Å². The summed E-state index contributed by atoms with van der Waals surface area (Å²) in [5.74, 6) is -0.152. The number of ketones is 1. The number of carbonyl (C=O) groups is 4. The zero-order chi connectivity index (χ0) is 58.2. The van der Waals surface area contributed by atoms with Crippen molar-refractivity contribution in [1.29, 1.82) is 0 Å². The van der Waals surface area contributed by atoms with E-state index in [-0.39, 0.29) is 94.4 Å². The predicted molar refractivity (Wildman–Crippen MR) is 282 cm³/mol. The number of rotatable bonds is 25. The van der Waals surface area contributed by atoms with E-state index in [2.05, 4.69) is 55.2 Å². The van der Waals surface area contributed by atoms with Gasteiger partial charge in [0, 0.05) is 37.1 Å². The second kappa shape index (κ2) is 25.2. The molecule has 5 unspecified atom stereocenters. The van der Waals surface area contributed by atoms with Crippen molar-refractivity contribution in [3.8, 4) is 0 Å². The Morgan fingerprint density at radius 2 is 1.59 bits per heavy atom. The fourth-order valence-corrected chi connectivity index (χ4v) is 17.1. The number of nitrogen functional groups attached to an aromatic ring is 1. The smallest absolute Gasteiger partial charge is 0.393 e. The molecule has 5 aliphatic rings. The molecule has 4 saturated carbocycles. The Labute approximate surface area is 462 Å². The van der Waals surface area contributed by atoms with E-state index >= 15 is 0 Å². The molecule has 5 fully saturated rings. The molecular weight excluding hydrogens is 1120 g/mol. The number of aromatic nitrogens is 4. The number of carbonyl (C=O) groups excluding carboxylic acids is 4. The van der Waals surface area contributed by atoms with Gasteiger partial charge in [-0.25, -0.2) is 28.6 Å². The lowest BCUT2D eigenvalue weighted by Crippen LogP contribution is -2.58. The van der Waals surface area contributed by atoms with Gasteiger partial charge in [-0.1, -0.05) is 46.4 Å². The molecule has 1 saturated heterocycles. The topological polar surface area (TPSA) is 421 Å². The molecule has 31 heteroatoms. The lowest BCUT2D eigenvalue weighted by molar-refractivity contribution is -0.174. The number of hydrogen-bond acceptors (Lipinski definition) is 21. The van der Waals surface area contributed by atoms with E-state index in [9.17, 15) is 72.9 Å². The lowest BCUT2D eigenvalue weighted by Gasteiger charge is -2.62. The molecule has 27 nitrogen and oxygen atoms in total. The number of nitrogens with one attached hydrogen (secondary N) is 2. The van der Waals surface area contributed by atoms with Crippen molar-refractivity contribution in [2.24, 2.45) is 57.7 Å². The number of hydrogen-bond donors (Lipinski definition) is 11. The fraction of sp³-hybridized carbons (Fsp3) is 0.812. The van der Waals surface area contributed by atoms with Gasteiger partial charge in [-0.3, -0.25) is 37.3 Å². The predicted octanol–water partition coefficient (Wildman–Crippen LogP) is 3.28. The molecule has 0 radical (unpaired) electrons. The maximum atomic E-state index is 13.3. The summed E-state index contributed by atoms with van der Waals surface area (Å²) < 4.78 is 62.7. The van der Waals surface area contributed by atoms with Gasteiger partial charge in [-0.2, -0.15) is 4.31 Å². The maximum absolute atomic E-state index is 13.3. The minimum Gasteiger partial charge on any atom is -0.393 e. The molecule has 446 valence electrons. The van der Waals surface area contributed by atoms with Gasteiger partial charge in [0.1, 0.15) is 42.0 Å². The Hall–Kier alpha value is -2.85. The number of fused-ring (bicyclic) bond motifs is 6. The van der Waals surface area contributed by atoms with E-state index in [1.54, 1.807) is 6.92 Å². The normalized spacial score (nSPS) is 33.6. The third-order valence-corrected chi connectivity index (χ3v) is 22.0. The number of phosphoric acid groups is 3. The number of imidazole rings is 1. The number of Topliss-reactive ketones (excluding diaryl/α,β-unsaturated/α-hetero) is 1. The van der Waals surface area contributed by atoms with Crippen LogP contribution in [0.5, 0.6) is 0 Å². The van der Waals surface area contributed by atoms with Crippen LogP contribution in [0.4, 0.5) is 5.82 Å². The number of aliphatic hydroxyl groups excluding tert-OH is 4. The molecule has 2 aromatic rings. The van der Waals surface area contributed by atoms with Crippen molar-refractivity contribution in [1.82, 2.24) is 30.2 Å². The summed E-state index contributed by atoms with van der Waals surface area (Å²) >= 11 is 0.940. The first-order chi connectivity index (χ1) is 36.8. The van der Waals surface area contributed by atoms with Crippen molar-refractivity contribution < 1.29 is 95.5 Å². The monoisotopic (exact) mass is 1200 g/mol. The van der Waals surface area contributed by atoms with Gasteiger partial charge in [-0.05, 0) is 111 Å². The molecule has 7 rings (SSSR count). The summed E-state index contributed by atoms with van der Waals surface area (Å²) in [6.45, 7) is 8.89. The second-order valence-electron chi connectivity index (χ2n) is 23.4. The molecule has 3 heterocycles. The molecule has 18 atom stereocenters. The number of ether oxygens (including phenoxy) is 1. The summed E-state index contributed by atoms with van der Waals surface area (Å²) in [4.78, 5) is 103. The zero-order valence-electron chi connectivity index (χ0n) is 45.1. The molecule has 0 bridgehead atoms. The maximum Gasteiger partial charge on any atom is 0.481 e. The molecule has 79 heavy (non-hydrogen) atoms. The SMILES string of the molecule is CC(C(=O)CC[C@@H](C)[C@H]1CC[C@H]2[C@H]3C(CCC12C)[C@@]1(C)CC[C@@H](O)C[C@H]1C[C@H]3O)C(=O)SCCNC(=O)CCNC(=O)[C@H](O)C(C)(C)COP(=O)(O)OP(=O)(O)OC[C@H]1O[C@@H](n2cnc3c(N)ncnc32)[C@H](O)[C@@H]1OP(=O)(O)O. The molecule has 0 aromatic carbocycles. The summed E-state index contributed by atoms with van der Waals surface area (Å²) in [5.41, 5.74) is 4.45. The first-order valence-electron chi connectivity index (χ1n) is 26.7. The third-order valence-electron chi connectivity index (χ3n) is 17.8. The Morgan fingerprint density at radius 3 is 2.30 bits per heavy atom. The summed E-state index contributed by atoms with van der Waals surface area (Å²) in [5, 5.41) is 48.4. The van der Waals surface area contributed by atoms with Gasteiger partial charge < -0.3 is 61.1 Å². The van der Waals surface area contributed by atoms with Crippen LogP contribution in [0.3, 0.4) is 0 Å². The Morgan fingerprint density at radius 1 is 0.911 bits per heavy atom. The molecule has 1 aliphatic heterocycles. The van der Waals surface area contributed by atoms with E-state index in [0.717, 1.165) is 80.4 Å². The number of thioether (sulfide) groups is 1. The van der Waals surface area contributed by atoms with E-state index < -0.39 is 90.5 Å². The van der Waals surface area contributed by atoms with Crippen molar-refractivity contribution in [2.75, 3.05) is 37.8 Å². The molecule has 2 amide bonds.